The van der Waals surface area contributed by atoms with Crippen LogP contribution in [0, 0.1) is 13.8 Å². The third kappa shape index (κ3) is 17.5. The molecular formula is C53H72N8O17S. The second-order valence-corrected chi connectivity index (χ2v) is 20.2. The molecule has 3 amide bonds. The molecule has 2 aromatic heterocycles. The molecule has 1 fully saturated rings. The van der Waals surface area contributed by atoms with Crippen molar-refractivity contribution in [1.29, 1.82) is 0 Å². The summed E-state index contributed by atoms with van der Waals surface area (Å²) in [6.45, 7) is 23.9. The highest BCUT2D eigenvalue weighted by Crippen LogP contribution is 2.37. The van der Waals surface area contributed by atoms with Crippen LogP contribution in [0.1, 0.15) is 115 Å². The Balaban J connectivity index is 1.07. The van der Waals surface area contributed by atoms with Crippen molar-refractivity contribution in [2.24, 2.45) is 0 Å². The lowest BCUT2D eigenvalue weighted by Gasteiger charge is -2.37. The Morgan fingerprint density at radius 3 is 2.00 bits per heavy atom. The first-order chi connectivity index (χ1) is 37.3. The largest absolute Gasteiger partial charge is 0.470 e. The van der Waals surface area contributed by atoms with E-state index in [0.717, 1.165) is 31.7 Å². The van der Waals surface area contributed by atoms with E-state index in [4.69, 9.17) is 37.9 Å². The number of H-pyrrole nitrogens is 1. The van der Waals surface area contributed by atoms with Crippen molar-refractivity contribution in [3.63, 3.8) is 0 Å². The lowest BCUT2D eigenvalue weighted by Crippen LogP contribution is -2.50. The molecule has 1 saturated heterocycles. The molecule has 2 aliphatic rings. The number of hydrogen-bond acceptors (Lipinski definition) is 22. The molecule has 0 radical (unpaired) electrons. The van der Waals surface area contributed by atoms with Gasteiger partial charge in [0, 0.05) is 61.3 Å². The van der Waals surface area contributed by atoms with Gasteiger partial charge in [0.25, 0.3) is 17.7 Å². The maximum absolute atomic E-state index is 13.3. The molecular weight excluding hydrogens is 1050 g/mol. The van der Waals surface area contributed by atoms with Crippen molar-refractivity contribution in [3.8, 4) is 11.6 Å². The zero-order valence-corrected chi connectivity index (χ0v) is 47.6. The summed E-state index contributed by atoms with van der Waals surface area (Å²) in [7, 11) is 0. The Hall–Kier alpha value is -7.45. The number of morpholine rings is 1. The molecule has 0 bridgehead atoms. The summed E-state index contributed by atoms with van der Waals surface area (Å²) in [5.74, 6) is -6.43. The number of carbonyl (C=O) groups excluding carboxylic acids is 9. The maximum Gasteiger partial charge on any atom is 0.347 e. The van der Waals surface area contributed by atoms with E-state index in [1.165, 1.54) is 44.7 Å². The Labute approximate surface area is 462 Å². The van der Waals surface area contributed by atoms with Crippen molar-refractivity contribution < 1.29 is 81.0 Å². The molecule has 5 rings (SSSR count). The number of nitrogens with zero attached hydrogens (tertiary/aromatic N) is 5. The summed E-state index contributed by atoms with van der Waals surface area (Å²) >= 11 is 0.938. The monoisotopic (exact) mass is 1120 g/mol. The first-order valence-corrected chi connectivity index (χ1v) is 26.7. The van der Waals surface area contributed by atoms with Gasteiger partial charge < -0.3 is 68.2 Å². The second-order valence-electron chi connectivity index (χ2n) is 19.7. The average Bonchev–Trinajstić information content (AvgIpc) is 4.28. The summed E-state index contributed by atoms with van der Waals surface area (Å²) in [4.78, 5) is 125. The van der Waals surface area contributed by atoms with Crippen LogP contribution in [0.25, 0.3) is 11.6 Å². The van der Waals surface area contributed by atoms with Gasteiger partial charge in [-0.2, -0.15) is 4.37 Å². The number of aromatic nitrogens is 3. The third-order valence-corrected chi connectivity index (χ3v) is 13.2. The van der Waals surface area contributed by atoms with Gasteiger partial charge in [-0.25, -0.2) is 19.2 Å². The average molecular weight is 1130 g/mol. The highest BCUT2D eigenvalue weighted by Gasteiger charge is 2.35. The zero-order chi connectivity index (χ0) is 58.3. The van der Waals surface area contributed by atoms with Crippen molar-refractivity contribution in [2.45, 2.75) is 132 Å². The minimum absolute atomic E-state index is 0.0783. The number of rotatable bonds is 26. The van der Waals surface area contributed by atoms with Crippen molar-refractivity contribution in [2.75, 3.05) is 75.9 Å². The minimum atomic E-state index is -1.61. The van der Waals surface area contributed by atoms with Crippen LogP contribution in [-0.2, 0) is 66.8 Å². The summed E-state index contributed by atoms with van der Waals surface area (Å²) < 4.78 is 51.8. The lowest BCUT2D eigenvalue weighted by atomic mass is 10.0. The van der Waals surface area contributed by atoms with Crippen LogP contribution in [0.2, 0.25) is 0 Å². The van der Waals surface area contributed by atoms with Crippen LogP contribution in [0.4, 0.5) is 11.5 Å². The number of hydrogen-bond donors (Lipinski definition) is 3. The highest BCUT2D eigenvalue weighted by atomic mass is 32.1. The first kappa shape index (κ1) is 62.4. The van der Waals surface area contributed by atoms with E-state index in [1.54, 1.807) is 26.0 Å². The van der Waals surface area contributed by atoms with Gasteiger partial charge in [-0.3, -0.25) is 24.0 Å². The standard InChI is InChI=1S/C53H72N8O17S/c1-13-59(14-2)20-19-54-47(66)44-29(3)41(55-30(44)4)26-39-38-25-36(15-16-40(38)56-46(39)65)77-43(64)18-17-42(63)73-31(5)49(67)74-32(6)50(68)75-33(7)51(69)76-34(8)52(70)78-37(27-61(35(9)62)53(10,11)12)28-72-48-45(57-79-58-48)60-21-23-71-24-22-60/h15-16,25-26,31-34,37,55H,13-14,17-24,27-28H2,1-12H3,(H,54,66)(H,56,65)/b39-26-/t31?,32?,33?,34?,37-/m0/s1. The summed E-state index contributed by atoms with van der Waals surface area (Å²) in [5.41, 5.74) is 2.79. The van der Waals surface area contributed by atoms with E-state index >= 15 is 0 Å². The van der Waals surface area contributed by atoms with E-state index in [2.05, 4.69) is 43.1 Å². The van der Waals surface area contributed by atoms with Gasteiger partial charge >= 0.3 is 35.8 Å². The number of amides is 3. The third-order valence-electron chi connectivity index (χ3n) is 12.7. The normalized spacial score (nSPS) is 15.6. The predicted molar refractivity (Wildman–Crippen MR) is 286 cm³/mol. The molecule has 0 aliphatic carbocycles. The Kier molecular flexibility index (Phi) is 22.5. The van der Waals surface area contributed by atoms with Gasteiger partial charge in [0.1, 0.15) is 12.4 Å². The Bertz CT molecular complexity index is 2740. The van der Waals surface area contributed by atoms with E-state index in [0.29, 0.717) is 79.0 Å². The number of fused-ring (bicyclic) bond motifs is 1. The topological polar surface area (TPSA) is 303 Å². The Morgan fingerprint density at radius 1 is 0.835 bits per heavy atom. The number of ether oxygens (including phenoxy) is 8. The summed E-state index contributed by atoms with van der Waals surface area (Å²) in [5, 5.41) is 5.74. The van der Waals surface area contributed by atoms with Gasteiger partial charge in [0.2, 0.25) is 11.7 Å². The van der Waals surface area contributed by atoms with E-state index in [9.17, 15) is 43.2 Å². The van der Waals surface area contributed by atoms with Gasteiger partial charge in [-0.05, 0) is 105 Å². The quantitative estimate of drug-likeness (QED) is 0.0444. The SMILES string of the molecule is CCN(CC)CCNC(=O)c1c(C)[nH]c(/C=C2\C(=O)Nc3ccc(OC(=O)CCC(=O)OC(C)C(=O)OC(C)C(=O)OC(C)C(=O)OC(C)C(=O)O[C@H](COc4nsnc4N4CCOCC4)CN(C(C)=O)C(C)(C)C)cc32)c1C. The fourth-order valence-electron chi connectivity index (χ4n) is 8.25. The lowest BCUT2D eigenvalue weighted by molar-refractivity contribution is -0.186. The fraction of sp³-hybridized carbons (Fsp3) is 0.566. The minimum Gasteiger partial charge on any atom is -0.470 e. The molecule has 0 spiro atoms. The number of carbonyl (C=O) groups is 9. The Morgan fingerprint density at radius 2 is 1.42 bits per heavy atom. The molecule has 0 saturated carbocycles. The van der Waals surface area contributed by atoms with Gasteiger partial charge in [-0.1, -0.05) is 13.8 Å². The molecule has 2 aliphatic heterocycles. The number of aromatic amines is 1. The van der Waals surface area contributed by atoms with Crippen LogP contribution in [0.15, 0.2) is 18.2 Å². The van der Waals surface area contributed by atoms with Crippen LogP contribution in [0.5, 0.6) is 11.6 Å². The second kappa shape index (κ2) is 28.4. The van der Waals surface area contributed by atoms with Gasteiger partial charge in [-0.15, -0.1) is 4.37 Å². The smallest absolute Gasteiger partial charge is 0.347 e. The molecule has 3 N–H and O–H groups in total. The summed E-state index contributed by atoms with van der Waals surface area (Å²) in [6, 6.07) is 4.52. The predicted octanol–water partition coefficient (Wildman–Crippen LogP) is 3.93. The van der Waals surface area contributed by atoms with E-state index in [-0.39, 0.29) is 42.2 Å². The molecule has 432 valence electrons. The highest BCUT2D eigenvalue weighted by molar-refractivity contribution is 6.99. The van der Waals surface area contributed by atoms with E-state index in [1.807, 2.05) is 25.7 Å². The molecule has 4 unspecified atom stereocenters. The van der Waals surface area contributed by atoms with Gasteiger partial charge in [0.05, 0.1) is 55.5 Å². The van der Waals surface area contributed by atoms with E-state index < -0.39 is 90.6 Å². The first-order valence-electron chi connectivity index (χ1n) is 26.0. The maximum atomic E-state index is 13.3. The van der Waals surface area contributed by atoms with Crippen LogP contribution in [-0.4, -0.2) is 179 Å². The summed E-state index contributed by atoms with van der Waals surface area (Å²) in [6.07, 6.45) is -6.68. The number of likely N-dealkylation sites (N-methyl/N-ethyl adjacent to an activating group) is 1. The number of benzene rings is 1. The molecule has 5 atom stereocenters. The molecule has 26 heteroatoms. The fourth-order valence-corrected chi connectivity index (χ4v) is 8.77. The molecule has 1 aromatic carbocycles. The number of aryl methyl sites for hydroxylation is 1. The van der Waals surface area contributed by atoms with Crippen LogP contribution >= 0.6 is 11.7 Å². The van der Waals surface area contributed by atoms with Gasteiger partial charge in [0.15, 0.2) is 30.5 Å². The number of esters is 6. The van der Waals surface area contributed by atoms with Crippen LogP contribution < -0.4 is 25.0 Å². The number of anilines is 2. The zero-order valence-electron chi connectivity index (χ0n) is 46.8. The molecule has 25 nitrogen and oxygen atoms in total. The van der Waals surface area contributed by atoms with Crippen LogP contribution in [0.3, 0.4) is 0 Å². The molecule has 4 heterocycles. The molecule has 3 aromatic rings. The number of nitrogens with one attached hydrogen (secondary N) is 3. The van der Waals surface area contributed by atoms with Crippen molar-refractivity contribution in [1.82, 2.24) is 28.8 Å². The van der Waals surface area contributed by atoms with Crippen molar-refractivity contribution >= 4 is 88.4 Å². The molecule has 79 heavy (non-hydrogen) atoms. The van der Waals surface area contributed by atoms with Crippen molar-refractivity contribution in [3.05, 3.63) is 46.3 Å².